The highest BCUT2D eigenvalue weighted by Crippen LogP contribution is 2.45. The number of para-hydroxylation sites is 3. The van der Waals surface area contributed by atoms with Gasteiger partial charge in [-0.1, -0.05) is 121 Å². The maximum absolute atomic E-state index is 6.78. The smallest absolute Gasteiger partial charge is 0.165 e. The second-order valence-corrected chi connectivity index (χ2v) is 14.9. The van der Waals surface area contributed by atoms with Crippen molar-refractivity contribution in [1.29, 1.82) is 0 Å². The van der Waals surface area contributed by atoms with Crippen molar-refractivity contribution in [2.24, 2.45) is 0 Å². The first kappa shape index (κ1) is 30.3. The molecule has 12 aromatic rings. The van der Waals surface area contributed by atoms with E-state index < -0.39 is 0 Å². The van der Waals surface area contributed by atoms with Gasteiger partial charge in [-0.05, 0) is 53.2 Å². The molecule has 0 radical (unpaired) electrons. The van der Waals surface area contributed by atoms with Crippen LogP contribution in [0.4, 0.5) is 0 Å². The van der Waals surface area contributed by atoms with Crippen LogP contribution >= 0.6 is 11.3 Å². The van der Waals surface area contributed by atoms with Gasteiger partial charge in [0.15, 0.2) is 17.5 Å². The van der Waals surface area contributed by atoms with Crippen molar-refractivity contribution in [3.63, 3.8) is 0 Å². The number of hydrogen-bond acceptors (Lipinski definition) is 6. The molecule has 0 aliphatic heterocycles. The lowest BCUT2D eigenvalue weighted by atomic mass is 9.96. The fourth-order valence-corrected chi connectivity index (χ4v) is 9.40. The van der Waals surface area contributed by atoms with E-state index in [1.165, 1.54) is 15.5 Å². The first-order valence-electron chi connectivity index (χ1n) is 18.3. The van der Waals surface area contributed by atoms with Gasteiger partial charge in [0.1, 0.15) is 22.3 Å². The minimum Gasteiger partial charge on any atom is -0.455 e. The summed E-state index contributed by atoms with van der Waals surface area (Å²) in [5, 5.41) is 8.81. The second kappa shape index (κ2) is 11.7. The molecule has 4 aromatic heterocycles. The van der Waals surface area contributed by atoms with Gasteiger partial charge in [0.05, 0.1) is 0 Å². The topological polar surface area (TPSA) is 65.0 Å². The third-order valence-corrected chi connectivity index (χ3v) is 12.0. The molecule has 8 aromatic carbocycles. The van der Waals surface area contributed by atoms with E-state index in [0.29, 0.717) is 17.5 Å². The van der Waals surface area contributed by atoms with Crippen molar-refractivity contribution in [3.8, 4) is 45.3 Å². The van der Waals surface area contributed by atoms with Gasteiger partial charge in [-0.3, -0.25) is 0 Å². The van der Waals surface area contributed by atoms with E-state index >= 15 is 0 Å². The van der Waals surface area contributed by atoms with Crippen molar-refractivity contribution < 1.29 is 8.83 Å². The summed E-state index contributed by atoms with van der Waals surface area (Å²) in [5.41, 5.74) is 7.92. The molecule has 0 N–H and O–H groups in total. The molecule has 6 heteroatoms. The molecule has 12 rings (SSSR count). The van der Waals surface area contributed by atoms with Crippen LogP contribution in [0.3, 0.4) is 0 Å². The van der Waals surface area contributed by atoms with E-state index in [1.54, 1.807) is 11.3 Å². The molecular weight excluding hydrogens is 695 g/mol. The van der Waals surface area contributed by atoms with Crippen LogP contribution in [0.25, 0.3) is 120 Å². The molecule has 0 atom stereocenters. The molecule has 4 heterocycles. The fourth-order valence-electron chi connectivity index (χ4n) is 8.18. The van der Waals surface area contributed by atoms with E-state index in [2.05, 4.69) is 133 Å². The SMILES string of the molecule is c1ccc2cc(-c3nc(-c4cccc5c4sc4ccccc45)nc(-c4ccc(-c5cccc6c5oc5ccccc56)c5oc6ccccc6c45)n3)ccc2c1. The number of thiophene rings is 1. The van der Waals surface area contributed by atoms with Crippen LogP contribution in [0, 0.1) is 0 Å². The van der Waals surface area contributed by atoms with E-state index in [4.69, 9.17) is 23.8 Å². The lowest BCUT2D eigenvalue weighted by Crippen LogP contribution is -2.01. The summed E-state index contributed by atoms with van der Waals surface area (Å²) < 4.78 is 15.7. The van der Waals surface area contributed by atoms with Crippen LogP contribution in [0.1, 0.15) is 0 Å². The van der Waals surface area contributed by atoms with Crippen LogP contribution in [0.15, 0.2) is 173 Å². The Morgan fingerprint density at radius 1 is 0.382 bits per heavy atom. The van der Waals surface area contributed by atoms with Gasteiger partial charge in [0.25, 0.3) is 0 Å². The van der Waals surface area contributed by atoms with Crippen LogP contribution in [-0.2, 0) is 0 Å². The summed E-state index contributed by atoms with van der Waals surface area (Å²) in [6, 6.07) is 56.7. The molecular formula is C49H27N3O2S. The summed E-state index contributed by atoms with van der Waals surface area (Å²) in [5.74, 6) is 1.82. The Bertz CT molecular complexity index is 3520. The van der Waals surface area contributed by atoms with Crippen LogP contribution in [0.2, 0.25) is 0 Å². The third kappa shape index (κ3) is 4.62. The molecule has 0 amide bonds. The Hall–Kier alpha value is -7.15. The number of nitrogens with zero attached hydrogens (tertiary/aromatic N) is 3. The predicted molar refractivity (Wildman–Crippen MR) is 227 cm³/mol. The number of rotatable bonds is 4. The molecule has 0 saturated carbocycles. The van der Waals surface area contributed by atoms with Gasteiger partial charge >= 0.3 is 0 Å². The minimum absolute atomic E-state index is 0.580. The Balaban J connectivity index is 1.14. The predicted octanol–water partition coefficient (Wildman–Crippen LogP) is 13.9. The van der Waals surface area contributed by atoms with Crippen molar-refractivity contribution in [2.75, 3.05) is 0 Å². The average Bonchev–Trinajstić information content (AvgIpc) is 3.95. The highest BCUT2D eigenvalue weighted by Gasteiger charge is 2.23. The highest BCUT2D eigenvalue weighted by molar-refractivity contribution is 7.26. The number of fused-ring (bicyclic) bond motifs is 10. The fraction of sp³-hybridized carbons (Fsp3) is 0. The zero-order valence-corrected chi connectivity index (χ0v) is 30.0. The lowest BCUT2D eigenvalue weighted by molar-refractivity contribution is 0.665. The molecule has 5 nitrogen and oxygen atoms in total. The molecule has 0 fully saturated rings. The van der Waals surface area contributed by atoms with Crippen LogP contribution in [0.5, 0.6) is 0 Å². The summed E-state index contributed by atoms with van der Waals surface area (Å²) in [6.45, 7) is 0. The first-order valence-corrected chi connectivity index (χ1v) is 19.1. The van der Waals surface area contributed by atoms with E-state index in [0.717, 1.165) is 87.2 Å². The van der Waals surface area contributed by atoms with Crippen molar-refractivity contribution in [1.82, 2.24) is 15.0 Å². The van der Waals surface area contributed by atoms with E-state index in [9.17, 15) is 0 Å². The van der Waals surface area contributed by atoms with Crippen LogP contribution in [-0.4, -0.2) is 15.0 Å². The number of aromatic nitrogens is 3. The van der Waals surface area contributed by atoms with Gasteiger partial charge in [-0.2, -0.15) is 0 Å². The molecule has 0 bridgehead atoms. The molecule has 0 aliphatic carbocycles. The van der Waals surface area contributed by atoms with Crippen molar-refractivity contribution in [3.05, 3.63) is 164 Å². The lowest BCUT2D eigenvalue weighted by Gasteiger charge is -2.12. The molecule has 0 spiro atoms. The quantitative estimate of drug-likeness (QED) is 0.181. The van der Waals surface area contributed by atoms with Gasteiger partial charge in [0.2, 0.25) is 0 Å². The Kier molecular flexibility index (Phi) is 6.44. The number of hydrogen-bond donors (Lipinski definition) is 0. The van der Waals surface area contributed by atoms with Gasteiger partial charge in [-0.25, -0.2) is 15.0 Å². The van der Waals surface area contributed by atoms with Crippen molar-refractivity contribution >= 4 is 86.2 Å². The Morgan fingerprint density at radius 2 is 0.982 bits per heavy atom. The van der Waals surface area contributed by atoms with Gasteiger partial charge in [0, 0.05) is 69.5 Å². The summed E-state index contributed by atoms with van der Waals surface area (Å²) in [7, 11) is 0. The summed E-state index contributed by atoms with van der Waals surface area (Å²) in [6.07, 6.45) is 0. The number of benzene rings is 8. The van der Waals surface area contributed by atoms with Crippen molar-refractivity contribution in [2.45, 2.75) is 0 Å². The summed E-state index contributed by atoms with van der Waals surface area (Å²) in [4.78, 5) is 15.8. The van der Waals surface area contributed by atoms with Gasteiger partial charge < -0.3 is 8.83 Å². The number of furan rings is 2. The van der Waals surface area contributed by atoms with Gasteiger partial charge in [-0.15, -0.1) is 11.3 Å². The monoisotopic (exact) mass is 721 g/mol. The van der Waals surface area contributed by atoms with E-state index in [-0.39, 0.29) is 0 Å². The Morgan fingerprint density at radius 3 is 1.85 bits per heavy atom. The largest absolute Gasteiger partial charge is 0.455 e. The first-order chi connectivity index (χ1) is 27.2. The zero-order chi connectivity index (χ0) is 36.0. The maximum Gasteiger partial charge on any atom is 0.165 e. The van der Waals surface area contributed by atoms with E-state index in [1.807, 2.05) is 30.3 Å². The minimum atomic E-state index is 0.580. The highest BCUT2D eigenvalue weighted by atomic mass is 32.1. The standard InChI is InChI=1S/C49H27N3O2S/c1-2-12-29-27-30(24-23-28(29)11-1)47-50-48(52-49(51-47)39-19-10-18-36-32-14-5-8-22-42(32)55-46(36)39)38-26-25-35(45-43(38)37-15-4-7-21-41(37)54-45)34-17-9-16-33-31-13-3-6-20-40(31)53-44(33)34/h1-27H. The molecule has 0 saturated heterocycles. The average molecular weight is 722 g/mol. The molecule has 55 heavy (non-hydrogen) atoms. The molecule has 0 unspecified atom stereocenters. The molecule has 256 valence electrons. The molecule has 0 aliphatic rings. The normalized spacial score (nSPS) is 12.0. The zero-order valence-electron chi connectivity index (χ0n) is 29.2. The summed E-state index contributed by atoms with van der Waals surface area (Å²) >= 11 is 1.77. The Labute approximate surface area is 317 Å². The second-order valence-electron chi connectivity index (χ2n) is 13.9. The van der Waals surface area contributed by atoms with Crippen LogP contribution < -0.4 is 0 Å². The maximum atomic E-state index is 6.78. The third-order valence-electron chi connectivity index (χ3n) is 10.7.